The van der Waals surface area contributed by atoms with E-state index in [9.17, 15) is 4.79 Å². The molecule has 4 rings (SSSR count). The van der Waals surface area contributed by atoms with Crippen molar-refractivity contribution >= 4 is 34.1 Å². The smallest absolute Gasteiger partial charge is 0.242 e. The van der Waals surface area contributed by atoms with Crippen LogP contribution in [-0.4, -0.2) is 5.91 Å². The van der Waals surface area contributed by atoms with Gasteiger partial charge in [-0.2, -0.15) is 0 Å². The number of rotatable bonds is 2. The van der Waals surface area contributed by atoms with E-state index in [1.807, 2.05) is 36.4 Å². The van der Waals surface area contributed by atoms with Crippen molar-refractivity contribution in [3.8, 4) is 0 Å². The van der Waals surface area contributed by atoms with Crippen LogP contribution >= 0.6 is 11.8 Å². The molecular weight excluding hydrogens is 278 g/mol. The first-order chi connectivity index (χ1) is 10.3. The zero-order valence-electron chi connectivity index (χ0n) is 11.2. The number of thioether (sulfide) groups is 1. The third-order valence-electron chi connectivity index (χ3n) is 3.71. The predicted molar refractivity (Wildman–Crippen MR) is 87.6 cm³/mol. The van der Waals surface area contributed by atoms with Gasteiger partial charge in [-0.05, 0) is 34.5 Å². The SMILES string of the molecule is O=C1Nc2ccccc2C1Sc1ccc2ccccc2c1. The zero-order chi connectivity index (χ0) is 14.2. The van der Waals surface area contributed by atoms with Gasteiger partial charge >= 0.3 is 0 Å². The molecule has 102 valence electrons. The number of para-hydroxylation sites is 1. The van der Waals surface area contributed by atoms with Crippen LogP contribution in [0.5, 0.6) is 0 Å². The van der Waals surface area contributed by atoms with Crippen molar-refractivity contribution in [1.82, 2.24) is 0 Å². The number of amides is 1. The van der Waals surface area contributed by atoms with Gasteiger partial charge in [-0.25, -0.2) is 0 Å². The summed E-state index contributed by atoms with van der Waals surface area (Å²) in [6.07, 6.45) is 0. The fourth-order valence-corrected chi connectivity index (χ4v) is 3.79. The van der Waals surface area contributed by atoms with Crippen LogP contribution in [0.15, 0.2) is 71.6 Å². The van der Waals surface area contributed by atoms with Gasteiger partial charge in [0.2, 0.25) is 5.91 Å². The third kappa shape index (κ3) is 2.20. The molecule has 0 aliphatic carbocycles. The second-order valence-corrected chi connectivity index (χ2v) is 6.26. The van der Waals surface area contributed by atoms with E-state index in [1.54, 1.807) is 11.8 Å². The van der Waals surface area contributed by atoms with Gasteiger partial charge < -0.3 is 5.32 Å². The van der Waals surface area contributed by atoms with E-state index in [2.05, 4.69) is 35.6 Å². The van der Waals surface area contributed by atoms with Gasteiger partial charge in [-0.3, -0.25) is 4.79 Å². The minimum atomic E-state index is -0.164. The first-order valence-electron chi connectivity index (χ1n) is 6.86. The lowest BCUT2D eigenvalue weighted by Crippen LogP contribution is -2.08. The molecule has 1 amide bonds. The molecule has 0 spiro atoms. The quantitative estimate of drug-likeness (QED) is 0.746. The Morgan fingerprint density at radius 3 is 2.52 bits per heavy atom. The fourth-order valence-electron chi connectivity index (χ4n) is 2.67. The summed E-state index contributed by atoms with van der Waals surface area (Å²) < 4.78 is 0. The molecule has 3 heteroatoms. The summed E-state index contributed by atoms with van der Waals surface area (Å²) in [7, 11) is 0. The van der Waals surface area contributed by atoms with Crippen LogP contribution in [0.4, 0.5) is 5.69 Å². The molecule has 3 aromatic rings. The predicted octanol–water partition coefficient (Wildman–Crippen LogP) is 4.63. The van der Waals surface area contributed by atoms with Crippen LogP contribution in [0.25, 0.3) is 10.8 Å². The normalized spacial score (nSPS) is 16.8. The van der Waals surface area contributed by atoms with E-state index < -0.39 is 0 Å². The summed E-state index contributed by atoms with van der Waals surface area (Å²) in [6, 6.07) is 22.5. The molecule has 0 radical (unpaired) electrons. The Labute approximate surface area is 127 Å². The van der Waals surface area contributed by atoms with Crippen molar-refractivity contribution in [3.05, 3.63) is 72.3 Å². The summed E-state index contributed by atoms with van der Waals surface area (Å²) in [4.78, 5) is 13.3. The first-order valence-corrected chi connectivity index (χ1v) is 7.74. The van der Waals surface area contributed by atoms with Gasteiger partial charge in [0.1, 0.15) is 5.25 Å². The van der Waals surface area contributed by atoms with Crippen molar-refractivity contribution in [3.63, 3.8) is 0 Å². The zero-order valence-corrected chi connectivity index (χ0v) is 12.1. The molecule has 0 saturated carbocycles. The number of hydrogen-bond acceptors (Lipinski definition) is 2. The molecule has 0 aromatic heterocycles. The summed E-state index contributed by atoms with van der Waals surface area (Å²) in [6.45, 7) is 0. The summed E-state index contributed by atoms with van der Waals surface area (Å²) in [5.41, 5.74) is 2.00. The number of hydrogen-bond donors (Lipinski definition) is 1. The Morgan fingerprint density at radius 1 is 0.857 bits per heavy atom. The van der Waals surface area contributed by atoms with Gasteiger partial charge in [0.15, 0.2) is 0 Å². The highest BCUT2D eigenvalue weighted by Crippen LogP contribution is 2.43. The number of carbonyl (C=O) groups is 1. The molecule has 1 unspecified atom stereocenters. The van der Waals surface area contributed by atoms with Crippen LogP contribution in [-0.2, 0) is 4.79 Å². The molecule has 0 saturated heterocycles. The molecule has 1 aliphatic rings. The summed E-state index contributed by atoms with van der Waals surface area (Å²) >= 11 is 1.60. The minimum Gasteiger partial charge on any atom is -0.325 e. The topological polar surface area (TPSA) is 29.1 Å². The van der Waals surface area contributed by atoms with Crippen molar-refractivity contribution in [2.24, 2.45) is 0 Å². The summed E-state index contributed by atoms with van der Waals surface area (Å²) in [5, 5.41) is 5.20. The van der Waals surface area contributed by atoms with E-state index in [0.29, 0.717) is 0 Å². The molecule has 1 N–H and O–H groups in total. The average molecular weight is 291 g/mol. The van der Waals surface area contributed by atoms with Crippen molar-refractivity contribution in [2.45, 2.75) is 10.1 Å². The van der Waals surface area contributed by atoms with Gasteiger partial charge in [0.05, 0.1) is 0 Å². The number of benzene rings is 3. The van der Waals surface area contributed by atoms with Crippen molar-refractivity contribution in [2.75, 3.05) is 5.32 Å². The fraction of sp³-hybridized carbons (Fsp3) is 0.0556. The lowest BCUT2D eigenvalue weighted by atomic mass is 10.1. The van der Waals surface area contributed by atoms with E-state index >= 15 is 0 Å². The largest absolute Gasteiger partial charge is 0.325 e. The lowest BCUT2D eigenvalue weighted by molar-refractivity contribution is -0.115. The van der Waals surface area contributed by atoms with Crippen LogP contribution in [0.1, 0.15) is 10.8 Å². The maximum Gasteiger partial charge on any atom is 0.242 e. The number of anilines is 1. The molecule has 1 atom stereocenters. The molecule has 1 heterocycles. The Kier molecular flexibility index (Phi) is 2.93. The highest BCUT2D eigenvalue weighted by atomic mass is 32.2. The van der Waals surface area contributed by atoms with Gasteiger partial charge in [-0.15, -0.1) is 11.8 Å². The Bertz CT molecular complexity index is 843. The minimum absolute atomic E-state index is 0.0642. The Hall–Kier alpha value is -2.26. The van der Waals surface area contributed by atoms with Gasteiger partial charge in [-0.1, -0.05) is 48.5 Å². The molecule has 1 aliphatic heterocycles. The highest BCUT2D eigenvalue weighted by molar-refractivity contribution is 8.00. The third-order valence-corrected chi connectivity index (χ3v) is 4.94. The van der Waals surface area contributed by atoms with Crippen molar-refractivity contribution in [1.29, 1.82) is 0 Å². The lowest BCUT2D eigenvalue weighted by Gasteiger charge is -2.09. The van der Waals surface area contributed by atoms with E-state index in [1.165, 1.54) is 10.8 Å². The summed E-state index contributed by atoms with van der Waals surface area (Å²) in [5.74, 6) is 0.0642. The Morgan fingerprint density at radius 2 is 1.62 bits per heavy atom. The molecular formula is C18H13NOS. The van der Waals surface area contributed by atoms with Gasteiger partial charge in [0.25, 0.3) is 0 Å². The number of carbonyl (C=O) groups excluding carboxylic acids is 1. The second kappa shape index (κ2) is 4.93. The maximum atomic E-state index is 12.2. The second-order valence-electron chi connectivity index (χ2n) is 5.08. The van der Waals surface area contributed by atoms with E-state index in [4.69, 9.17) is 0 Å². The van der Waals surface area contributed by atoms with Crippen LogP contribution < -0.4 is 5.32 Å². The van der Waals surface area contributed by atoms with Gasteiger partial charge in [0, 0.05) is 10.6 Å². The average Bonchev–Trinajstić information content (AvgIpc) is 2.83. The molecule has 2 nitrogen and oxygen atoms in total. The monoisotopic (exact) mass is 291 g/mol. The molecule has 0 bridgehead atoms. The molecule has 3 aromatic carbocycles. The first kappa shape index (κ1) is 12.5. The van der Waals surface area contributed by atoms with Crippen LogP contribution in [0.2, 0.25) is 0 Å². The number of fused-ring (bicyclic) bond motifs is 2. The van der Waals surface area contributed by atoms with Crippen molar-refractivity contribution < 1.29 is 4.79 Å². The van der Waals surface area contributed by atoms with E-state index in [-0.39, 0.29) is 11.2 Å². The maximum absolute atomic E-state index is 12.2. The molecule has 0 fully saturated rings. The van der Waals surface area contributed by atoms with E-state index in [0.717, 1.165) is 16.1 Å². The Balaban J connectivity index is 1.70. The standard InChI is InChI=1S/C18H13NOS/c20-18-17(15-7-3-4-8-16(15)19-18)21-14-10-9-12-5-1-2-6-13(12)11-14/h1-11,17H,(H,19,20). The highest BCUT2D eigenvalue weighted by Gasteiger charge is 2.30. The number of nitrogens with one attached hydrogen (secondary N) is 1. The van der Waals surface area contributed by atoms with Crippen LogP contribution in [0, 0.1) is 0 Å². The van der Waals surface area contributed by atoms with Crippen LogP contribution in [0.3, 0.4) is 0 Å². The molecule has 21 heavy (non-hydrogen) atoms.